The summed E-state index contributed by atoms with van der Waals surface area (Å²) in [5.74, 6) is 1.08. The van der Waals surface area contributed by atoms with Gasteiger partial charge in [-0.3, -0.25) is 9.89 Å². The van der Waals surface area contributed by atoms with E-state index in [4.69, 9.17) is 9.84 Å². The average Bonchev–Trinajstić information content (AvgIpc) is 2.81. The second-order valence-electron chi connectivity index (χ2n) is 5.27. The Bertz CT molecular complexity index is 354. The molecule has 18 heavy (non-hydrogen) atoms. The summed E-state index contributed by atoms with van der Waals surface area (Å²) in [6, 6.07) is 0.405. The highest BCUT2D eigenvalue weighted by molar-refractivity contribution is 6.40. The van der Waals surface area contributed by atoms with Crippen LogP contribution in [0.15, 0.2) is 9.98 Å². The number of aliphatic imine (C=N–C) groups is 2. The van der Waals surface area contributed by atoms with Crippen LogP contribution >= 0.6 is 0 Å². The molecule has 0 saturated carbocycles. The van der Waals surface area contributed by atoms with E-state index in [0.717, 1.165) is 31.8 Å². The maximum atomic E-state index is 9.16. The first-order valence-corrected chi connectivity index (χ1v) is 6.66. The van der Waals surface area contributed by atoms with E-state index in [0.29, 0.717) is 11.8 Å². The molecule has 0 bridgehead atoms. The van der Waals surface area contributed by atoms with Gasteiger partial charge in [-0.2, -0.15) is 0 Å². The Morgan fingerprint density at radius 3 is 2.67 bits per heavy atom. The fraction of sp³-hybridized carbons (Fsp3) is 0.846. The minimum Gasteiger partial charge on any atom is -0.480 e. The van der Waals surface area contributed by atoms with Crippen molar-refractivity contribution in [1.29, 1.82) is 0 Å². The van der Waals surface area contributed by atoms with Crippen LogP contribution in [0.2, 0.25) is 0 Å². The van der Waals surface area contributed by atoms with Gasteiger partial charge in [0.2, 0.25) is 5.90 Å². The number of hydrogen-bond donors (Lipinski definition) is 1. The predicted molar refractivity (Wildman–Crippen MR) is 72.4 cm³/mol. The lowest BCUT2D eigenvalue weighted by Gasteiger charge is -2.24. The number of nitrogens with zero attached hydrogens (tertiary/aromatic N) is 3. The van der Waals surface area contributed by atoms with E-state index in [1.165, 1.54) is 0 Å². The zero-order valence-electron chi connectivity index (χ0n) is 11.5. The molecule has 2 aliphatic heterocycles. The summed E-state index contributed by atoms with van der Waals surface area (Å²) in [5, 5.41) is 9.16. The van der Waals surface area contributed by atoms with Crippen LogP contribution in [0.4, 0.5) is 0 Å². The number of rotatable bonds is 3. The minimum atomic E-state index is 0.187. The van der Waals surface area contributed by atoms with Crippen LogP contribution < -0.4 is 0 Å². The first-order valence-electron chi connectivity index (χ1n) is 6.66. The Morgan fingerprint density at radius 2 is 2.06 bits per heavy atom. The zero-order chi connectivity index (χ0) is 13.1. The van der Waals surface area contributed by atoms with Crippen molar-refractivity contribution in [3.8, 4) is 0 Å². The quantitative estimate of drug-likeness (QED) is 0.800. The lowest BCUT2D eigenvalue weighted by Crippen LogP contribution is -2.38. The van der Waals surface area contributed by atoms with Crippen molar-refractivity contribution in [1.82, 2.24) is 4.90 Å². The van der Waals surface area contributed by atoms with Gasteiger partial charge in [0.15, 0.2) is 0 Å². The summed E-state index contributed by atoms with van der Waals surface area (Å²) in [5.41, 5.74) is 0.946. The lowest BCUT2D eigenvalue weighted by molar-refractivity contribution is 0.226. The van der Waals surface area contributed by atoms with Crippen molar-refractivity contribution >= 4 is 11.6 Å². The van der Waals surface area contributed by atoms with E-state index in [9.17, 15) is 0 Å². The number of aliphatic hydroxyl groups is 1. The van der Waals surface area contributed by atoms with E-state index < -0.39 is 0 Å². The van der Waals surface area contributed by atoms with E-state index in [1.54, 1.807) is 7.11 Å². The molecule has 5 heteroatoms. The largest absolute Gasteiger partial charge is 0.480 e. The Hall–Kier alpha value is -0.940. The van der Waals surface area contributed by atoms with Crippen LogP contribution in [0.5, 0.6) is 0 Å². The lowest BCUT2D eigenvalue weighted by atomic mass is 10.1. The number of methoxy groups -OCH3 is 1. The fourth-order valence-corrected chi connectivity index (χ4v) is 2.47. The van der Waals surface area contributed by atoms with E-state index >= 15 is 0 Å². The van der Waals surface area contributed by atoms with Gasteiger partial charge >= 0.3 is 0 Å². The molecular weight excluding hydrogens is 230 g/mol. The standard InChI is InChI=1S/C13H23N3O2/c1-9-10(2)15-13(18-3)12(14-9)7-16-5-4-11(6-16)8-17/h9-11,17H,4-8H2,1-3H3. The van der Waals surface area contributed by atoms with Crippen LogP contribution in [-0.2, 0) is 4.74 Å². The summed E-state index contributed by atoms with van der Waals surface area (Å²) in [6.07, 6.45) is 1.06. The van der Waals surface area contributed by atoms with Gasteiger partial charge in [-0.1, -0.05) is 0 Å². The third-order valence-corrected chi connectivity index (χ3v) is 3.82. The van der Waals surface area contributed by atoms with Gasteiger partial charge in [0.1, 0.15) is 5.71 Å². The molecule has 1 fully saturated rings. The van der Waals surface area contributed by atoms with Crippen molar-refractivity contribution in [2.45, 2.75) is 32.4 Å². The van der Waals surface area contributed by atoms with Crippen LogP contribution in [0.3, 0.4) is 0 Å². The Labute approximate surface area is 109 Å². The molecule has 2 heterocycles. The third kappa shape index (κ3) is 2.90. The van der Waals surface area contributed by atoms with Gasteiger partial charge in [-0.25, -0.2) is 4.99 Å². The first kappa shape index (κ1) is 13.5. The van der Waals surface area contributed by atoms with Gasteiger partial charge in [0.05, 0.1) is 19.2 Å². The molecule has 5 nitrogen and oxygen atoms in total. The molecule has 0 aromatic rings. The molecule has 1 N–H and O–H groups in total. The molecular formula is C13H23N3O2. The Kier molecular flexibility index (Phi) is 4.35. The summed E-state index contributed by atoms with van der Waals surface area (Å²) >= 11 is 0. The zero-order valence-corrected chi connectivity index (χ0v) is 11.5. The van der Waals surface area contributed by atoms with Crippen LogP contribution in [0.1, 0.15) is 20.3 Å². The predicted octanol–water partition coefficient (Wildman–Crippen LogP) is 0.577. The van der Waals surface area contributed by atoms with Crippen molar-refractivity contribution < 1.29 is 9.84 Å². The topological polar surface area (TPSA) is 57.4 Å². The molecule has 1 saturated heterocycles. The van der Waals surface area contributed by atoms with Crippen molar-refractivity contribution in [2.75, 3.05) is 33.4 Å². The van der Waals surface area contributed by atoms with Crippen LogP contribution in [0, 0.1) is 5.92 Å². The third-order valence-electron chi connectivity index (χ3n) is 3.82. The first-order chi connectivity index (χ1) is 8.63. The Balaban J connectivity index is 2.00. The Morgan fingerprint density at radius 1 is 1.33 bits per heavy atom. The van der Waals surface area contributed by atoms with Gasteiger partial charge in [-0.15, -0.1) is 0 Å². The molecule has 3 unspecified atom stereocenters. The molecule has 2 aliphatic rings. The highest BCUT2D eigenvalue weighted by Crippen LogP contribution is 2.17. The molecule has 3 atom stereocenters. The second kappa shape index (κ2) is 5.80. The molecule has 0 aromatic carbocycles. The van der Waals surface area contributed by atoms with Gasteiger partial charge in [0.25, 0.3) is 0 Å². The van der Waals surface area contributed by atoms with Crippen molar-refractivity contribution in [2.24, 2.45) is 15.9 Å². The maximum absolute atomic E-state index is 9.16. The smallest absolute Gasteiger partial charge is 0.231 e. The summed E-state index contributed by atoms with van der Waals surface area (Å²) in [7, 11) is 1.65. The van der Waals surface area contributed by atoms with E-state index in [2.05, 4.69) is 28.7 Å². The summed E-state index contributed by atoms with van der Waals surface area (Å²) in [6.45, 7) is 7.16. The van der Waals surface area contributed by atoms with Crippen molar-refractivity contribution in [3.05, 3.63) is 0 Å². The van der Waals surface area contributed by atoms with Gasteiger partial charge < -0.3 is 9.84 Å². The fourth-order valence-electron chi connectivity index (χ4n) is 2.47. The summed E-state index contributed by atoms with van der Waals surface area (Å²) < 4.78 is 5.33. The molecule has 0 aromatic heterocycles. The molecule has 0 spiro atoms. The highest BCUT2D eigenvalue weighted by Gasteiger charge is 2.27. The van der Waals surface area contributed by atoms with Crippen LogP contribution in [0.25, 0.3) is 0 Å². The second-order valence-corrected chi connectivity index (χ2v) is 5.27. The van der Waals surface area contributed by atoms with E-state index in [1.807, 2.05) is 0 Å². The highest BCUT2D eigenvalue weighted by atomic mass is 16.5. The number of ether oxygens (including phenoxy) is 1. The SMILES string of the molecule is COC1=NC(C)C(C)N=C1CN1CCC(CO)C1. The molecule has 102 valence electrons. The normalized spacial score (nSPS) is 33.2. The van der Waals surface area contributed by atoms with Gasteiger partial charge in [0, 0.05) is 19.7 Å². The molecule has 0 amide bonds. The average molecular weight is 253 g/mol. The summed E-state index contributed by atoms with van der Waals surface area (Å²) in [4.78, 5) is 11.5. The molecule has 0 aliphatic carbocycles. The van der Waals surface area contributed by atoms with E-state index in [-0.39, 0.29) is 18.7 Å². The maximum Gasteiger partial charge on any atom is 0.231 e. The molecule has 0 radical (unpaired) electrons. The number of likely N-dealkylation sites (tertiary alicyclic amines) is 1. The van der Waals surface area contributed by atoms with Gasteiger partial charge in [-0.05, 0) is 32.7 Å². The molecule has 2 rings (SSSR count). The number of aliphatic hydroxyl groups excluding tert-OH is 1. The number of hydrogen-bond acceptors (Lipinski definition) is 5. The monoisotopic (exact) mass is 253 g/mol. The van der Waals surface area contributed by atoms with Crippen molar-refractivity contribution in [3.63, 3.8) is 0 Å². The minimum absolute atomic E-state index is 0.187. The van der Waals surface area contributed by atoms with Crippen LogP contribution in [-0.4, -0.2) is 67.1 Å².